The van der Waals surface area contributed by atoms with Crippen molar-refractivity contribution in [2.45, 2.75) is 31.8 Å². The second-order valence-corrected chi connectivity index (χ2v) is 7.84. The van der Waals surface area contributed by atoms with Gasteiger partial charge in [0.25, 0.3) is 5.91 Å². The molecule has 31 heavy (non-hydrogen) atoms. The van der Waals surface area contributed by atoms with Gasteiger partial charge in [-0.05, 0) is 74.2 Å². The summed E-state index contributed by atoms with van der Waals surface area (Å²) < 4.78 is 16.3. The number of rotatable bonds is 8. The van der Waals surface area contributed by atoms with Crippen LogP contribution in [0, 0.1) is 0 Å². The number of anilines is 2. The molecule has 1 N–H and O–H groups in total. The maximum Gasteiger partial charge on any atom is 0.338 e. The second kappa shape index (κ2) is 10.3. The quantitative estimate of drug-likeness (QED) is 0.652. The Bertz CT molecular complexity index is 870. The molecule has 2 aromatic carbocycles. The topological polar surface area (TPSA) is 77.1 Å². The van der Waals surface area contributed by atoms with Crippen molar-refractivity contribution in [2.24, 2.45) is 0 Å². The first-order chi connectivity index (χ1) is 15.2. The Morgan fingerprint density at radius 2 is 1.74 bits per heavy atom. The normalized spacial score (nSPS) is 18.1. The van der Waals surface area contributed by atoms with Crippen molar-refractivity contribution in [3.8, 4) is 5.75 Å². The smallest absolute Gasteiger partial charge is 0.338 e. The number of esters is 1. The minimum atomic E-state index is -0.551. The molecule has 7 nitrogen and oxygen atoms in total. The summed E-state index contributed by atoms with van der Waals surface area (Å²) in [6, 6.07) is 14.4. The highest BCUT2D eigenvalue weighted by atomic mass is 16.5. The Labute approximate surface area is 182 Å². The standard InChI is InChI=1S/C24H28N2O5/c27-23(25-19-7-9-20(10-8-19)26-13-1-2-14-26)17-31-24(28)18-5-11-21(12-6-18)30-16-22-4-3-15-29-22/h5-12,22H,1-4,13-17H2,(H,25,27)/t22-/m0/s1. The zero-order chi connectivity index (χ0) is 21.5. The Morgan fingerprint density at radius 1 is 1.00 bits per heavy atom. The van der Waals surface area contributed by atoms with Crippen LogP contribution in [0.1, 0.15) is 36.0 Å². The summed E-state index contributed by atoms with van der Waals surface area (Å²) in [6.45, 7) is 3.09. The highest BCUT2D eigenvalue weighted by Crippen LogP contribution is 2.22. The molecule has 1 atom stereocenters. The average molecular weight is 424 g/mol. The molecule has 2 fully saturated rings. The van der Waals surface area contributed by atoms with E-state index in [-0.39, 0.29) is 18.6 Å². The van der Waals surface area contributed by atoms with E-state index in [1.165, 1.54) is 12.8 Å². The lowest BCUT2D eigenvalue weighted by Gasteiger charge is -2.17. The monoisotopic (exact) mass is 424 g/mol. The van der Waals surface area contributed by atoms with E-state index in [0.717, 1.165) is 38.2 Å². The van der Waals surface area contributed by atoms with Gasteiger partial charge in [-0.1, -0.05) is 0 Å². The van der Waals surface area contributed by atoms with E-state index in [1.807, 2.05) is 24.3 Å². The Hall–Kier alpha value is -3.06. The van der Waals surface area contributed by atoms with E-state index in [9.17, 15) is 9.59 Å². The average Bonchev–Trinajstić information content (AvgIpc) is 3.51. The van der Waals surface area contributed by atoms with Crippen molar-refractivity contribution < 1.29 is 23.8 Å². The van der Waals surface area contributed by atoms with Crippen LogP contribution in [0.5, 0.6) is 5.75 Å². The van der Waals surface area contributed by atoms with Crippen LogP contribution in [0.15, 0.2) is 48.5 Å². The summed E-state index contributed by atoms with van der Waals surface area (Å²) in [5.74, 6) is -0.258. The molecule has 2 heterocycles. The third kappa shape index (κ3) is 5.98. The number of hydrogen-bond acceptors (Lipinski definition) is 6. The van der Waals surface area contributed by atoms with E-state index < -0.39 is 5.97 Å². The molecule has 0 saturated carbocycles. The molecule has 0 spiro atoms. The predicted octanol–water partition coefficient (Wildman–Crippen LogP) is 3.64. The number of hydrogen-bond donors (Lipinski definition) is 1. The van der Waals surface area contributed by atoms with Crippen molar-refractivity contribution in [1.29, 1.82) is 0 Å². The van der Waals surface area contributed by atoms with Crippen LogP contribution in [0.4, 0.5) is 11.4 Å². The number of carbonyl (C=O) groups excluding carboxylic acids is 2. The van der Waals surface area contributed by atoms with Crippen molar-refractivity contribution in [3.63, 3.8) is 0 Å². The number of carbonyl (C=O) groups is 2. The van der Waals surface area contributed by atoms with Gasteiger partial charge >= 0.3 is 5.97 Å². The third-order valence-corrected chi connectivity index (χ3v) is 5.51. The predicted molar refractivity (Wildman–Crippen MR) is 118 cm³/mol. The molecule has 7 heteroatoms. The Kier molecular flexibility index (Phi) is 7.04. The number of benzene rings is 2. The first kappa shape index (κ1) is 21.2. The highest BCUT2D eigenvalue weighted by Gasteiger charge is 2.16. The first-order valence-electron chi connectivity index (χ1n) is 10.8. The van der Waals surface area contributed by atoms with Gasteiger partial charge in [-0.25, -0.2) is 4.79 Å². The second-order valence-electron chi connectivity index (χ2n) is 7.84. The molecule has 0 unspecified atom stereocenters. The van der Waals surface area contributed by atoms with Gasteiger partial charge in [0.2, 0.25) is 0 Å². The van der Waals surface area contributed by atoms with Crippen LogP contribution < -0.4 is 15.0 Å². The van der Waals surface area contributed by atoms with E-state index in [4.69, 9.17) is 14.2 Å². The highest BCUT2D eigenvalue weighted by molar-refractivity contribution is 5.95. The van der Waals surface area contributed by atoms with Crippen LogP contribution in [0.2, 0.25) is 0 Å². The van der Waals surface area contributed by atoms with Crippen LogP contribution in [-0.2, 0) is 14.3 Å². The van der Waals surface area contributed by atoms with Gasteiger partial charge in [-0.3, -0.25) is 4.79 Å². The fourth-order valence-corrected chi connectivity index (χ4v) is 3.79. The number of amides is 1. The molecule has 0 bridgehead atoms. The SMILES string of the molecule is O=C(COC(=O)c1ccc(OC[C@@H]2CCCO2)cc1)Nc1ccc(N2CCCC2)cc1. The van der Waals surface area contributed by atoms with Crippen molar-refractivity contribution in [1.82, 2.24) is 0 Å². The van der Waals surface area contributed by atoms with Gasteiger partial charge in [0.05, 0.1) is 11.7 Å². The minimum absolute atomic E-state index is 0.138. The van der Waals surface area contributed by atoms with E-state index in [2.05, 4.69) is 10.2 Å². The summed E-state index contributed by atoms with van der Waals surface area (Å²) in [5, 5.41) is 2.75. The van der Waals surface area contributed by atoms with E-state index >= 15 is 0 Å². The molecule has 0 aliphatic carbocycles. The minimum Gasteiger partial charge on any atom is -0.491 e. The van der Waals surface area contributed by atoms with Gasteiger partial charge in [0.1, 0.15) is 12.4 Å². The largest absolute Gasteiger partial charge is 0.491 e. The number of nitrogens with zero attached hydrogens (tertiary/aromatic N) is 1. The lowest BCUT2D eigenvalue weighted by Crippen LogP contribution is -2.21. The maximum absolute atomic E-state index is 12.2. The Morgan fingerprint density at radius 3 is 2.42 bits per heavy atom. The molecule has 0 aromatic heterocycles. The third-order valence-electron chi connectivity index (χ3n) is 5.51. The van der Waals surface area contributed by atoms with Gasteiger partial charge < -0.3 is 24.4 Å². The van der Waals surface area contributed by atoms with E-state index in [1.54, 1.807) is 24.3 Å². The van der Waals surface area contributed by atoms with Crippen molar-refractivity contribution in [3.05, 3.63) is 54.1 Å². The fraction of sp³-hybridized carbons (Fsp3) is 0.417. The summed E-state index contributed by atoms with van der Waals surface area (Å²) in [6.07, 6.45) is 4.65. The molecule has 2 aliphatic rings. The summed E-state index contributed by atoms with van der Waals surface area (Å²) in [4.78, 5) is 26.7. The molecule has 4 rings (SSSR count). The number of ether oxygens (including phenoxy) is 3. The fourth-order valence-electron chi connectivity index (χ4n) is 3.79. The van der Waals surface area contributed by atoms with Gasteiger partial charge in [-0.2, -0.15) is 0 Å². The molecular weight excluding hydrogens is 396 g/mol. The van der Waals surface area contributed by atoms with Crippen LogP contribution in [0.3, 0.4) is 0 Å². The summed E-state index contributed by atoms with van der Waals surface area (Å²) >= 11 is 0. The van der Waals surface area contributed by atoms with Crippen molar-refractivity contribution in [2.75, 3.05) is 43.1 Å². The first-order valence-corrected chi connectivity index (χ1v) is 10.8. The number of nitrogens with one attached hydrogen (secondary N) is 1. The Balaban J connectivity index is 1.20. The summed E-state index contributed by atoms with van der Waals surface area (Å²) in [5.41, 5.74) is 2.20. The molecule has 0 radical (unpaired) electrons. The zero-order valence-electron chi connectivity index (χ0n) is 17.5. The molecular formula is C24H28N2O5. The lowest BCUT2D eigenvalue weighted by molar-refractivity contribution is -0.119. The van der Waals surface area contributed by atoms with Crippen molar-refractivity contribution >= 4 is 23.3 Å². The summed E-state index contributed by atoms with van der Waals surface area (Å²) in [7, 11) is 0. The van der Waals surface area contributed by atoms with Crippen LogP contribution in [-0.4, -0.2) is 50.9 Å². The lowest BCUT2D eigenvalue weighted by atomic mass is 10.2. The zero-order valence-corrected chi connectivity index (χ0v) is 17.5. The van der Waals surface area contributed by atoms with Crippen LogP contribution >= 0.6 is 0 Å². The van der Waals surface area contributed by atoms with Gasteiger partial charge in [-0.15, -0.1) is 0 Å². The molecule has 2 saturated heterocycles. The maximum atomic E-state index is 12.2. The van der Waals surface area contributed by atoms with E-state index in [0.29, 0.717) is 23.6 Å². The molecule has 2 aromatic rings. The molecule has 2 aliphatic heterocycles. The van der Waals surface area contributed by atoms with Crippen LogP contribution in [0.25, 0.3) is 0 Å². The molecule has 1 amide bonds. The van der Waals surface area contributed by atoms with Gasteiger partial charge in [0, 0.05) is 31.1 Å². The molecule has 164 valence electrons. The van der Waals surface area contributed by atoms with Gasteiger partial charge in [0.15, 0.2) is 6.61 Å².